The maximum absolute atomic E-state index is 14.4. The zero-order valence-electron chi connectivity index (χ0n) is 16.9. The third-order valence-corrected chi connectivity index (χ3v) is 4.94. The minimum Gasteiger partial charge on any atom is -0.389 e. The summed E-state index contributed by atoms with van der Waals surface area (Å²) in [6, 6.07) is 5.54. The Morgan fingerprint density at radius 2 is 2.19 bits per heavy atom. The van der Waals surface area contributed by atoms with Gasteiger partial charge in [-0.3, -0.25) is 0 Å². The quantitative estimate of drug-likeness (QED) is 0.566. The molecular weight excluding hydrogens is 359 g/mol. The summed E-state index contributed by atoms with van der Waals surface area (Å²) in [7, 11) is 0. The smallest absolute Gasteiger partial charge is 0.210 e. The first-order valence-corrected chi connectivity index (χ1v) is 10.1. The standard InChI is InChI=1S/C23H31ClFN2/c1-5-13-26-18(3)12-15-27-14-8-6-7-9-17(2)23(27)21-11-10-20(24)16-22(21)19(4)25/h6-7,9-12,16,19,26H,5,8,13-15H2,1-4H3/q+1/b7-6-,17-9+,18-12+,27-23?. The van der Waals surface area contributed by atoms with E-state index in [0.717, 1.165) is 49.3 Å². The summed E-state index contributed by atoms with van der Waals surface area (Å²) in [6.45, 7) is 10.6. The Bertz CT molecular complexity index is 773. The SMILES string of the molecule is CCCN/C(C)=C/C[N+]1=C(c2ccc(Cl)cc2C(C)F)/C(C)=C/C=C\CC1. The lowest BCUT2D eigenvalue weighted by molar-refractivity contribution is -0.516. The molecule has 0 amide bonds. The average molecular weight is 390 g/mol. The molecule has 2 rings (SSSR count). The summed E-state index contributed by atoms with van der Waals surface area (Å²) >= 11 is 6.15. The monoisotopic (exact) mass is 389 g/mol. The van der Waals surface area contributed by atoms with Crippen molar-refractivity contribution in [3.8, 4) is 0 Å². The van der Waals surface area contributed by atoms with E-state index in [0.29, 0.717) is 10.6 Å². The van der Waals surface area contributed by atoms with Crippen LogP contribution in [0.1, 0.15) is 57.8 Å². The third-order valence-electron chi connectivity index (χ3n) is 4.71. The highest BCUT2D eigenvalue weighted by Gasteiger charge is 2.24. The van der Waals surface area contributed by atoms with Gasteiger partial charge >= 0.3 is 0 Å². The molecule has 0 aliphatic carbocycles. The molecule has 1 aliphatic rings. The van der Waals surface area contributed by atoms with Gasteiger partial charge in [0.2, 0.25) is 5.71 Å². The summed E-state index contributed by atoms with van der Waals surface area (Å²) in [4.78, 5) is 0. The van der Waals surface area contributed by atoms with Crippen LogP contribution in [0.3, 0.4) is 0 Å². The van der Waals surface area contributed by atoms with Gasteiger partial charge in [0.25, 0.3) is 0 Å². The van der Waals surface area contributed by atoms with E-state index in [1.165, 1.54) is 5.70 Å². The van der Waals surface area contributed by atoms with Crippen LogP contribution in [0.4, 0.5) is 4.39 Å². The fourth-order valence-corrected chi connectivity index (χ4v) is 3.44. The Morgan fingerprint density at radius 1 is 1.41 bits per heavy atom. The van der Waals surface area contributed by atoms with Crippen LogP contribution in [-0.2, 0) is 0 Å². The van der Waals surface area contributed by atoms with E-state index in [1.54, 1.807) is 13.0 Å². The van der Waals surface area contributed by atoms with Crippen LogP contribution in [0.5, 0.6) is 0 Å². The van der Waals surface area contributed by atoms with Gasteiger partial charge in [-0.05, 0) is 51.5 Å². The van der Waals surface area contributed by atoms with E-state index in [9.17, 15) is 4.39 Å². The van der Waals surface area contributed by atoms with Crippen LogP contribution in [0.25, 0.3) is 0 Å². The number of nitrogens with one attached hydrogen (secondary N) is 1. The zero-order chi connectivity index (χ0) is 19.8. The van der Waals surface area contributed by atoms with Crippen molar-refractivity contribution >= 4 is 17.3 Å². The summed E-state index contributed by atoms with van der Waals surface area (Å²) in [5.41, 5.74) is 4.94. The van der Waals surface area contributed by atoms with E-state index in [2.05, 4.69) is 55.0 Å². The molecule has 0 saturated heterocycles. The maximum atomic E-state index is 14.4. The van der Waals surface area contributed by atoms with E-state index in [1.807, 2.05) is 12.1 Å². The molecule has 0 fully saturated rings. The van der Waals surface area contributed by atoms with Crippen LogP contribution >= 0.6 is 11.6 Å². The number of nitrogens with zero attached hydrogens (tertiary/aromatic N) is 1. The number of halogens is 2. The number of rotatable bonds is 7. The van der Waals surface area contributed by atoms with E-state index >= 15 is 0 Å². The van der Waals surface area contributed by atoms with Crippen molar-refractivity contribution in [1.82, 2.24) is 5.32 Å². The molecule has 1 N–H and O–H groups in total. The predicted octanol–water partition coefficient (Wildman–Crippen LogP) is 5.98. The molecular formula is C23H31ClFN2+. The van der Waals surface area contributed by atoms with Gasteiger partial charge in [-0.15, -0.1) is 0 Å². The highest BCUT2D eigenvalue weighted by Crippen LogP contribution is 2.27. The summed E-state index contributed by atoms with van der Waals surface area (Å²) < 4.78 is 16.7. The minimum absolute atomic E-state index is 0.567. The fraction of sp³-hybridized carbons (Fsp3) is 0.435. The minimum atomic E-state index is -1.08. The van der Waals surface area contributed by atoms with Crippen LogP contribution in [0, 0.1) is 0 Å². The van der Waals surface area contributed by atoms with Crippen molar-refractivity contribution in [2.45, 2.75) is 46.7 Å². The van der Waals surface area contributed by atoms with Crippen molar-refractivity contribution < 1.29 is 8.97 Å². The second-order valence-electron chi connectivity index (χ2n) is 7.02. The molecule has 1 heterocycles. The molecule has 1 unspecified atom stereocenters. The first-order valence-electron chi connectivity index (χ1n) is 9.74. The Kier molecular flexibility index (Phi) is 8.30. The molecule has 0 bridgehead atoms. The van der Waals surface area contributed by atoms with Gasteiger partial charge in [0.05, 0.1) is 5.56 Å². The van der Waals surface area contributed by atoms with Crippen LogP contribution in [-0.4, -0.2) is 29.9 Å². The normalized spacial score (nSPS) is 19.8. The lowest BCUT2D eigenvalue weighted by atomic mass is 9.94. The van der Waals surface area contributed by atoms with Gasteiger partial charge in [0, 0.05) is 34.8 Å². The molecule has 146 valence electrons. The highest BCUT2D eigenvalue weighted by molar-refractivity contribution is 6.30. The lowest BCUT2D eigenvalue weighted by Gasteiger charge is -2.16. The number of allylic oxidation sites excluding steroid dienone is 4. The van der Waals surface area contributed by atoms with Crippen molar-refractivity contribution in [3.63, 3.8) is 0 Å². The molecule has 1 aromatic carbocycles. The Labute approximate surface area is 168 Å². The van der Waals surface area contributed by atoms with Gasteiger partial charge in [-0.25, -0.2) is 8.97 Å². The predicted molar refractivity (Wildman–Crippen MR) is 115 cm³/mol. The van der Waals surface area contributed by atoms with Crippen LogP contribution < -0.4 is 5.32 Å². The molecule has 0 spiro atoms. The summed E-state index contributed by atoms with van der Waals surface area (Å²) in [5, 5.41) is 3.99. The molecule has 2 nitrogen and oxygen atoms in total. The van der Waals surface area contributed by atoms with Crippen molar-refractivity contribution in [2.75, 3.05) is 19.6 Å². The van der Waals surface area contributed by atoms with Gasteiger partial charge in [0.1, 0.15) is 12.7 Å². The molecule has 0 radical (unpaired) electrons. The van der Waals surface area contributed by atoms with Crippen molar-refractivity contribution in [2.24, 2.45) is 0 Å². The van der Waals surface area contributed by atoms with Crippen LogP contribution in [0.2, 0.25) is 5.02 Å². The average Bonchev–Trinajstić information content (AvgIpc) is 2.62. The molecule has 1 aliphatic heterocycles. The Hall–Kier alpha value is -1.87. The molecule has 4 heteroatoms. The Balaban J connectivity index is 2.54. The molecule has 0 aromatic heterocycles. The number of alkyl halides is 1. The first kappa shape index (κ1) is 21.4. The number of hydrogen-bond acceptors (Lipinski definition) is 1. The highest BCUT2D eigenvalue weighted by atomic mass is 35.5. The maximum Gasteiger partial charge on any atom is 0.210 e. The lowest BCUT2D eigenvalue weighted by Crippen LogP contribution is -2.27. The topological polar surface area (TPSA) is 15.0 Å². The fourth-order valence-electron chi connectivity index (χ4n) is 3.26. The summed E-state index contributed by atoms with van der Waals surface area (Å²) in [5.74, 6) is 0. The molecule has 1 atom stereocenters. The van der Waals surface area contributed by atoms with E-state index in [-0.39, 0.29) is 0 Å². The van der Waals surface area contributed by atoms with Crippen molar-refractivity contribution in [3.05, 3.63) is 69.9 Å². The Morgan fingerprint density at radius 3 is 2.89 bits per heavy atom. The molecule has 27 heavy (non-hydrogen) atoms. The zero-order valence-corrected chi connectivity index (χ0v) is 17.6. The largest absolute Gasteiger partial charge is 0.389 e. The third kappa shape index (κ3) is 6.07. The van der Waals surface area contributed by atoms with Gasteiger partial charge in [-0.2, -0.15) is 0 Å². The van der Waals surface area contributed by atoms with Gasteiger partial charge in [-0.1, -0.05) is 36.8 Å². The van der Waals surface area contributed by atoms with E-state index < -0.39 is 6.17 Å². The molecule has 1 aromatic rings. The van der Waals surface area contributed by atoms with Gasteiger partial charge < -0.3 is 5.32 Å². The van der Waals surface area contributed by atoms with Crippen LogP contribution in [0.15, 0.2) is 53.8 Å². The van der Waals surface area contributed by atoms with Gasteiger partial charge in [0.15, 0.2) is 6.54 Å². The first-order chi connectivity index (χ1) is 12.9. The number of benzene rings is 1. The number of hydrogen-bond donors (Lipinski definition) is 1. The molecule has 0 saturated carbocycles. The second-order valence-corrected chi connectivity index (χ2v) is 7.46. The van der Waals surface area contributed by atoms with Crippen molar-refractivity contribution in [1.29, 1.82) is 0 Å². The second kappa shape index (κ2) is 10.5. The van der Waals surface area contributed by atoms with E-state index in [4.69, 9.17) is 11.6 Å². The summed E-state index contributed by atoms with van der Waals surface area (Å²) in [6.07, 6.45) is 9.56.